The van der Waals surface area contributed by atoms with Crippen molar-refractivity contribution >= 4 is 16.5 Å². The Balaban J connectivity index is 2.13. The van der Waals surface area contributed by atoms with Gasteiger partial charge < -0.3 is 15.0 Å². The number of anilines is 1. The summed E-state index contributed by atoms with van der Waals surface area (Å²) in [5, 5.41) is 4.48. The first kappa shape index (κ1) is 12.0. The maximum atomic E-state index is 5.81. The van der Waals surface area contributed by atoms with Crippen LogP contribution in [0.2, 0.25) is 0 Å². The Kier molecular flexibility index (Phi) is 3.70. The number of aryl methyl sites for hydroxylation is 1. The number of aromatic nitrogens is 3. The van der Waals surface area contributed by atoms with E-state index in [1.807, 2.05) is 13.8 Å². The van der Waals surface area contributed by atoms with E-state index in [4.69, 9.17) is 15.0 Å². The minimum atomic E-state index is 0.431. The summed E-state index contributed by atoms with van der Waals surface area (Å²) in [6.45, 7) is 5.09. The van der Waals surface area contributed by atoms with Gasteiger partial charge in [0.2, 0.25) is 0 Å². The third kappa shape index (κ3) is 2.62. The molecule has 7 heteroatoms. The van der Waals surface area contributed by atoms with Gasteiger partial charge in [-0.05, 0) is 25.4 Å². The van der Waals surface area contributed by atoms with E-state index in [1.165, 1.54) is 11.5 Å². The van der Waals surface area contributed by atoms with Gasteiger partial charge in [-0.2, -0.15) is 9.36 Å². The molecule has 0 unspecified atom stereocenters. The van der Waals surface area contributed by atoms with Crippen molar-refractivity contribution in [3.63, 3.8) is 0 Å². The largest absolute Gasteiger partial charge is 0.389 e. The lowest BCUT2D eigenvalue weighted by molar-refractivity contribution is 0.149. The van der Waals surface area contributed by atoms with Crippen LogP contribution in [0.5, 0.6) is 0 Å². The summed E-state index contributed by atoms with van der Waals surface area (Å²) in [7, 11) is 0. The van der Waals surface area contributed by atoms with E-state index in [9.17, 15) is 0 Å². The van der Waals surface area contributed by atoms with E-state index in [1.54, 1.807) is 0 Å². The summed E-state index contributed by atoms with van der Waals surface area (Å²) in [6, 6.07) is 0. The van der Waals surface area contributed by atoms with Crippen LogP contribution in [0.1, 0.15) is 18.4 Å². The number of hydrogen-bond acceptors (Lipinski definition) is 7. The van der Waals surface area contributed by atoms with Gasteiger partial charge in [0, 0.05) is 13.0 Å². The maximum absolute atomic E-state index is 5.81. The number of nitrogen functional groups attached to an aromatic ring is 1. The van der Waals surface area contributed by atoms with Crippen LogP contribution in [-0.2, 0) is 11.2 Å². The molecule has 0 aliphatic carbocycles. The summed E-state index contributed by atoms with van der Waals surface area (Å²) in [5.41, 5.74) is 7.36. The second-order valence-electron chi connectivity index (χ2n) is 3.47. The van der Waals surface area contributed by atoms with Gasteiger partial charge in [0.05, 0.1) is 17.9 Å². The average molecular weight is 254 g/mol. The van der Waals surface area contributed by atoms with E-state index in [0.29, 0.717) is 36.4 Å². The Morgan fingerprint density at radius 2 is 2.29 bits per heavy atom. The lowest BCUT2D eigenvalue weighted by atomic mass is 10.2. The molecule has 0 fully saturated rings. The number of nitrogens with zero attached hydrogens (tertiary/aromatic N) is 3. The zero-order valence-corrected chi connectivity index (χ0v) is 10.6. The van der Waals surface area contributed by atoms with Crippen molar-refractivity contribution in [1.82, 2.24) is 14.5 Å². The zero-order valence-electron chi connectivity index (χ0n) is 9.77. The SMILES string of the molecule is CCOCCc1noc(-c2c(C)nsc2N)n1. The summed E-state index contributed by atoms with van der Waals surface area (Å²) >= 11 is 1.23. The Hall–Kier alpha value is -1.47. The van der Waals surface area contributed by atoms with E-state index in [-0.39, 0.29) is 0 Å². The molecular formula is C10H14N4O2S. The van der Waals surface area contributed by atoms with Crippen LogP contribution >= 0.6 is 11.5 Å². The molecule has 0 saturated carbocycles. The standard InChI is InChI=1S/C10H14N4O2S/c1-3-15-5-4-7-12-10(16-13-7)8-6(2)14-17-9(8)11/h3-5,11H2,1-2H3. The molecule has 0 aliphatic rings. The van der Waals surface area contributed by atoms with E-state index < -0.39 is 0 Å². The van der Waals surface area contributed by atoms with Crippen LogP contribution in [-0.4, -0.2) is 27.7 Å². The second-order valence-corrected chi connectivity index (χ2v) is 4.27. The fourth-order valence-corrected chi connectivity index (χ4v) is 2.07. The first-order valence-corrected chi connectivity index (χ1v) is 6.12. The van der Waals surface area contributed by atoms with Gasteiger partial charge in [0.25, 0.3) is 5.89 Å². The molecule has 0 radical (unpaired) electrons. The Morgan fingerprint density at radius 3 is 2.94 bits per heavy atom. The minimum absolute atomic E-state index is 0.431. The predicted molar refractivity (Wildman–Crippen MR) is 64.8 cm³/mol. The molecule has 92 valence electrons. The van der Waals surface area contributed by atoms with E-state index in [2.05, 4.69) is 14.5 Å². The summed E-state index contributed by atoms with van der Waals surface area (Å²) in [4.78, 5) is 4.28. The van der Waals surface area contributed by atoms with Gasteiger partial charge >= 0.3 is 0 Å². The van der Waals surface area contributed by atoms with Crippen molar-refractivity contribution in [3.05, 3.63) is 11.5 Å². The van der Waals surface area contributed by atoms with Crippen molar-refractivity contribution in [1.29, 1.82) is 0 Å². The molecule has 0 atom stereocenters. The third-order valence-corrected chi connectivity index (χ3v) is 3.01. The van der Waals surface area contributed by atoms with Gasteiger partial charge in [0.1, 0.15) is 5.00 Å². The van der Waals surface area contributed by atoms with Crippen LogP contribution in [0.4, 0.5) is 5.00 Å². The average Bonchev–Trinajstić information content (AvgIpc) is 2.87. The molecule has 0 aromatic carbocycles. The van der Waals surface area contributed by atoms with Gasteiger partial charge in [-0.3, -0.25) is 0 Å². The van der Waals surface area contributed by atoms with E-state index in [0.717, 1.165) is 11.3 Å². The van der Waals surface area contributed by atoms with Crippen molar-refractivity contribution < 1.29 is 9.26 Å². The maximum Gasteiger partial charge on any atom is 0.262 e. The monoisotopic (exact) mass is 254 g/mol. The van der Waals surface area contributed by atoms with E-state index >= 15 is 0 Å². The zero-order chi connectivity index (χ0) is 12.3. The Morgan fingerprint density at radius 1 is 1.47 bits per heavy atom. The number of rotatable bonds is 5. The first-order valence-electron chi connectivity index (χ1n) is 5.34. The molecule has 0 saturated heterocycles. The normalized spacial score (nSPS) is 10.9. The molecule has 2 heterocycles. The highest BCUT2D eigenvalue weighted by molar-refractivity contribution is 7.10. The molecular weight excluding hydrogens is 240 g/mol. The Bertz CT molecular complexity index is 475. The van der Waals surface area contributed by atoms with Crippen LogP contribution in [0.15, 0.2) is 4.52 Å². The van der Waals surface area contributed by atoms with Crippen molar-refractivity contribution in [3.8, 4) is 11.5 Å². The molecule has 6 nitrogen and oxygen atoms in total. The topological polar surface area (TPSA) is 87.1 Å². The summed E-state index contributed by atoms with van der Waals surface area (Å²) in [6.07, 6.45) is 0.633. The lowest BCUT2D eigenvalue weighted by Crippen LogP contribution is -1.99. The molecule has 0 amide bonds. The van der Waals surface area contributed by atoms with Crippen LogP contribution < -0.4 is 5.73 Å². The molecule has 0 bridgehead atoms. The highest BCUT2D eigenvalue weighted by Gasteiger charge is 2.17. The quantitative estimate of drug-likeness (QED) is 0.816. The molecule has 2 aromatic rings. The van der Waals surface area contributed by atoms with Gasteiger partial charge in [-0.25, -0.2) is 0 Å². The third-order valence-electron chi connectivity index (χ3n) is 2.25. The molecule has 17 heavy (non-hydrogen) atoms. The highest BCUT2D eigenvalue weighted by atomic mass is 32.1. The van der Waals surface area contributed by atoms with Gasteiger partial charge in [-0.15, -0.1) is 0 Å². The fourth-order valence-electron chi connectivity index (χ4n) is 1.41. The van der Waals surface area contributed by atoms with Crippen LogP contribution in [0.3, 0.4) is 0 Å². The van der Waals surface area contributed by atoms with Crippen LogP contribution in [0.25, 0.3) is 11.5 Å². The van der Waals surface area contributed by atoms with Crippen molar-refractivity contribution in [2.75, 3.05) is 18.9 Å². The number of ether oxygens (including phenoxy) is 1. The molecule has 0 aliphatic heterocycles. The minimum Gasteiger partial charge on any atom is -0.389 e. The predicted octanol–water partition coefficient (Wildman–Crippen LogP) is 1.66. The first-order chi connectivity index (χ1) is 8.22. The molecule has 2 N–H and O–H groups in total. The number of nitrogens with two attached hydrogens (primary N) is 1. The van der Waals surface area contributed by atoms with Crippen LogP contribution in [0, 0.1) is 6.92 Å². The summed E-state index contributed by atoms with van der Waals surface area (Å²) < 4.78 is 14.5. The smallest absolute Gasteiger partial charge is 0.262 e. The Labute approximate surface area is 103 Å². The van der Waals surface area contributed by atoms with Gasteiger partial charge in [-0.1, -0.05) is 5.16 Å². The highest BCUT2D eigenvalue weighted by Crippen LogP contribution is 2.30. The molecule has 0 spiro atoms. The fraction of sp³-hybridized carbons (Fsp3) is 0.500. The van der Waals surface area contributed by atoms with Crippen molar-refractivity contribution in [2.45, 2.75) is 20.3 Å². The molecule has 2 rings (SSSR count). The lowest BCUT2D eigenvalue weighted by Gasteiger charge is -1.95. The molecule has 2 aromatic heterocycles. The summed E-state index contributed by atoms with van der Waals surface area (Å²) in [5.74, 6) is 1.05. The van der Waals surface area contributed by atoms with Crippen molar-refractivity contribution in [2.24, 2.45) is 0 Å². The number of hydrogen-bond donors (Lipinski definition) is 1. The van der Waals surface area contributed by atoms with Gasteiger partial charge in [0.15, 0.2) is 5.82 Å². The second kappa shape index (κ2) is 5.24.